The molecule has 0 bridgehead atoms. The monoisotopic (exact) mass is 390 g/mol. The average molecular weight is 391 g/mol. The molecule has 1 aromatic rings. The van der Waals surface area contributed by atoms with Gasteiger partial charge in [0.15, 0.2) is 0 Å². The predicted molar refractivity (Wildman–Crippen MR) is 111 cm³/mol. The van der Waals surface area contributed by atoms with Crippen molar-refractivity contribution in [2.24, 2.45) is 34.5 Å². The third kappa shape index (κ3) is 3.80. The van der Waals surface area contributed by atoms with Gasteiger partial charge in [-0.05, 0) is 63.0 Å². The van der Waals surface area contributed by atoms with Crippen LogP contribution in [0.15, 0.2) is 35.2 Å². The largest absolute Gasteiger partial charge is 0.460 e. The van der Waals surface area contributed by atoms with Crippen molar-refractivity contribution in [3.63, 3.8) is 0 Å². The zero-order valence-electron chi connectivity index (χ0n) is 17.7. The minimum Gasteiger partial charge on any atom is -0.460 e. The summed E-state index contributed by atoms with van der Waals surface area (Å²) in [5.41, 5.74) is -1.08. The number of aliphatic hydroxyl groups is 1. The van der Waals surface area contributed by atoms with E-state index in [0.717, 1.165) is 5.75 Å². The van der Waals surface area contributed by atoms with Crippen LogP contribution in [0.1, 0.15) is 48.5 Å². The maximum absolute atomic E-state index is 13.3. The number of hydrogen-bond donors (Lipinski definition) is 1. The maximum Gasteiger partial charge on any atom is 0.313 e. The van der Waals surface area contributed by atoms with Gasteiger partial charge in [0, 0.05) is 16.6 Å². The Labute approximate surface area is 168 Å². The van der Waals surface area contributed by atoms with Crippen molar-refractivity contribution in [2.45, 2.75) is 65.1 Å². The molecule has 0 unspecified atom stereocenters. The molecular weight excluding hydrogens is 356 g/mol. The van der Waals surface area contributed by atoms with Gasteiger partial charge < -0.3 is 9.84 Å². The van der Waals surface area contributed by atoms with Gasteiger partial charge in [-0.15, -0.1) is 11.8 Å². The van der Waals surface area contributed by atoms with Crippen LogP contribution in [-0.4, -0.2) is 28.5 Å². The van der Waals surface area contributed by atoms with E-state index in [2.05, 4.69) is 32.9 Å². The van der Waals surface area contributed by atoms with Crippen LogP contribution in [0.4, 0.5) is 0 Å². The molecule has 0 radical (unpaired) electrons. The molecule has 1 aromatic carbocycles. The highest BCUT2D eigenvalue weighted by Gasteiger charge is 2.76. The summed E-state index contributed by atoms with van der Waals surface area (Å²) in [6, 6.07) is 10.2. The molecule has 0 heterocycles. The summed E-state index contributed by atoms with van der Waals surface area (Å²) < 4.78 is 5.85. The molecular formula is C23H34O3S. The van der Waals surface area contributed by atoms with Crippen LogP contribution in [0, 0.1) is 34.5 Å². The minimum absolute atomic E-state index is 0.0805. The topological polar surface area (TPSA) is 46.5 Å². The van der Waals surface area contributed by atoms with E-state index in [1.54, 1.807) is 11.8 Å². The smallest absolute Gasteiger partial charge is 0.313 e. The van der Waals surface area contributed by atoms with E-state index < -0.39 is 17.1 Å². The molecule has 0 aliphatic heterocycles. The Morgan fingerprint density at radius 2 is 1.74 bits per heavy atom. The van der Waals surface area contributed by atoms with Crippen molar-refractivity contribution in [2.75, 3.05) is 5.75 Å². The zero-order valence-corrected chi connectivity index (χ0v) is 18.5. The van der Waals surface area contributed by atoms with Crippen molar-refractivity contribution >= 4 is 17.7 Å². The van der Waals surface area contributed by atoms with E-state index in [4.69, 9.17) is 4.74 Å². The molecule has 2 aliphatic rings. The van der Waals surface area contributed by atoms with Crippen molar-refractivity contribution in [1.82, 2.24) is 0 Å². The number of aliphatic hydroxyl groups excluding tert-OH is 1. The van der Waals surface area contributed by atoms with Crippen LogP contribution >= 0.6 is 11.8 Å². The molecule has 0 saturated heterocycles. The molecule has 2 aliphatic carbocycles. The minimum atomic E-state index is -0.642. The Morgan fingerprint density at radius 3 is 2.26 bits per heavy atom. The highest BCUT2D eigenvalue weighted by molar-refractivity contribution is 7.99. The van der Waals surface area contributed by atoms with Gasteiger partial charge in [0.25, 0.3) is 0 Å². The Hall–Kier alpha value is -1.00. The van der Waals surface area contributed by atoms with Crippen molar-refractivity contribution in [1.29, 1.82) is 0 Å². The first-order valence-corrected chi connectivity index (χ1v) is 11.0. The first-order valence-electron chi connectivity index (χ1n) is 9.96. The summed E-state index contributed by atoms with van der Waals surface area (Å²) >= 11 is 1.72. The number of benzene rings is 1. The van der Waals surface area contributed by atoms with Crippen LogP contribution < -0.4 is 0 Å². The number of ether oxygens (including phenoxy) is 1. The number of carbonyl (C=O) groups is 1. The molecule has 27 heavy (non-hydrogen) atoms. The van der Waals surface area contributed by atoms with Crippen LogP contribution in [0.25, 0.3) is 0 Å². The second kappa shape index (κ2) is 6.81. The number of thioether (sulfide) groups is 1. The molecule has 6 atom stereocenters. The quantitative estimate of drug-likeness (QED) is 0.579. The first kappa shape index (κ1) is 20.7. The fourth-order valence-corrected chi connectivity index (χ4v) is 6.43. The molecule has 2 saturated carbocycles. The van der Waals surface area contributed by atoms with Crippen LogP contribution in [0.3, 0.4) is 0 Å². The lowest BCUT2D eigenvalue weighted by atomic mass is 9.70. The Kier molecular flexibility index (Phi) is 5.22. The van der Waals surface area contributed by atoms with E-state index in [9.17, 15) is 9.90 Å². The van der Waals surface area contributed by atoms with Crippen molar-refractivity contribution in [3.8, 4) is 0 Å². The Morgan fingerprint density at radius 1 is 1.15 bits per heavy atom. The highest BCUT2D eigenvalue weighted by atomic mass is 32.2. The lowest BCUT2D eigenvalue weighted by Crippen LogP contribution is -2.46. The second-order valence-corrected chi connectivity index (χ2v) is 11.6. The second-order valence-electron chi connectivity index (χ2n) is 10.5. The first-order chi connectivity index (χ1) is 12.4. The number of carbonyl (C=O) groups excluding carboxylic acids is 1. The lowest BCUT2D eigenvalue weighted by molar-refractivity contribution is -0.172. The van der Waals surface area contributed by atoms with Gasteiger partial charge in [-0.2, -0.15) is 0 Å². The predicted octanol–water partition coefficient (Wildman–Crippen LogP) is 5.03. The maximum atomic E-state index is 13.3. The normalized spacial score (nSPS) is 35.6. The average Bonchev–Trinajstić information content (AvgIpc) is 3.25. The molecule has 0 aromatic heterocycles. The third-order valence-corrected chi connectivity index (χ3v) is 7.49. The van der Waals surface area contributed by atoms with Gasteiger partial charge in [0.2, 0.25) is 0 Å². The van der Waals surface area contributed by atoms with Crippen molar-refractivity contribution < 1.29 is 14.6 Å². The summed E-state index contributed by atoms with van der Waals surface area (Å²) in [7, 11) is 0. The van der Waals surface area contributed by atoms with Gasteiger partial charge in [0.1, 0.15) is 5.60 Å². The molecule has 4 heteroatoms. The van der Waals surface area contributed by atoms with E-state index in [1.165, 1.54) is 4.90 Å². The fourth-order valence-electron chi connectivity index (χ4n) is 5.17. The fraction of sp³-hybridized carbons (Fsp3) is 0.696. The van der Waals surface area contributed by atoms with Crippen molar-refractivity contribution in [3.05, 3.63) is 30.3 Å². The van der Waals surface area contributed by atoms with Gasteiger partial charge in [-0.1, -0.05) is 39.0 Å². The highest BCUT2D eigenvalue weighted by Crippen LogP contribution is 2.73. The van der Waals surface area contributed by atoms with Gasteiger partial charge in [0.05, 0.1) is 11.5 Å². The summed E-state index contributed by atoms with van der Waals surface area (Å²) in [5, 5.41) is 11.2. The third-order valence-electron chi connectivity index (χ3n) is 6.36. The molecule has 3 rings (SSSR count). The molecule has 1 N–H and O–H groups in total. The Balaban J connectivity index is 1.86. The summed E-state index contributed by atoms with van der Waals surface area (Å²) in [4.78, 5) is 14.5. The van der Waals surface area contributed by atoms with E-state index >= 15 is 0 Å². The number of esters is 1. The lowest BCUT2D eigenvalue weighted by Gasteiger charge is -2.39. The molecule has 2 fully saturated rings. The van der Waals surface area contributed by atoms with Gasteiger partial charge in [-0.25, -0.2) is 0 Å². The van der Waals surface area contributed by atoms with Gasteiger partial charge in [-0.3, -0.25) is 4.79 Å². The summed E-state index contributed by atoms with van der Waals surface area (Å²) in [6.07, 6.45) is -0.451. The van der Waals surface area contributed by atoms with Crippen LogP contribution in [0.5, 0.6) is 0 Å². The van der Waals surface area contributed by atoms with E-state index in [-0.39, 0.29) is 29.1 Å². The molecule has 150 valence electrons. The van der Waals surface area contributed by atoms with Gasteiger partial charge >= 0.3 is 5.97 Å². The van der Waals surface area contributed by atoms with E-state index in [1.807, 2.05) is 45.9 Å². The number of rotatable bonds is 4. The summed E-state index contributed by atoms with van der Waals surface area (Å²) in [6.45, 7) is 14.4. The SMILES string of the molecule is CC(C)(C)OC(=O)[C@@]1(C)[C@H]2[C@@H]([C@@H](O)[C@H]1CSc1ccccc1)[C@@H]2C(C)(C)C. The summed E-state index contributed by atoms with van der Waals surface area (Å²) in [5.74, 6) is 1.25. The standard InChI is InChI=1S/C23H34O3S/c1-21(2,3)17-16-18(17)23(7,20(25)26-22(4,5)6)15(19(16)24)13-27-14-11-9-8-10-12-14/h8-12,15-19,24H,13H2,1-7H3/t15-,16+,17+,18+,19+,23-/m1/s1. The van der Waals surface area contributed by atoms with E-state index in [0.29, 0.717) is 5.92 Å². The Bertz CT molecular complexity index is 688. The zero-order chi connectivity index (χ0) is 20.2. The molecule has 0 spiro atoms. The molecule has 0 amide bonds. The van der Waals surface area contributed by atoms with Crippen LogP contribution in [0.2, 0.25) is 0 Å². The van der Waals surface area contributed by atoms with Crippen LogP contribution in [-0.2, 0) is 9.53 Å². The number of hydrogen-bond acceptors (Lipinski definition) is 4. The molecule has 3 nitrogen and oxygen atoms in total. The number of fused-ring (bicyclic) bond motifs is 1.